The summed E-state index contributed by atoms with van der Waals surface area (Å²) in [7, 11) is 0. The second kappa shape index (κ2) is 22.9. The first-order chi connectivity index (χ1) is 25.1. The fraction of sp³-hybridized carbons (Fsp3) is 0.469. The molecule has 0 amide bonds. The summed E-state index contributed by atoms with van der Waals surface area (Å²) in [6, 6.07) is 33.8. The van der Waals surface area contributed by atoms with E-state index >= 15 is 0 Å². The second-order valence-electron chi connectivity index (χ2n) is 14.5. The lowest BCUT2D eigenvalue weighted by Gasteiger charge is -2.18. The van der Waals surface area contributed by atoms with Crippen LogP contribution in [0.15, 0.2) is 102 Å². The number of azo groups is 2. The van der Waals surface area contributed by atoms with Crippen molar-refractivity contribution in [2.24, 2.45) is 5.11 Å². The predicted molar refractivity (Wildman–Crippen MR) is 223 cm³/mol. The number of rotatable bonds is 23. The molecule has 0 saturated carbocycles. The maximum Gasteiger partial charge on any atom is 0.206 e. The van der Waals surface area contributed by atoms with Crippen LogP contribution in [0.25, 0.3) is 28.3 Å². The molecular formula is C49H67N2+. The average molecular weight is 684 g/mol. The van der Waals surface area contributed by atoms with Crippen molar-refractivity contribution < 1.29 is 4.70 Å². The zero-order chi connectivity index (χ0) is 36.1. The minimum Gasteiger partial charge on any atom is -0.0885 e. The van der Waals surface area contributed by atoms with E-state index in [0.29, 0.717) is 0 Å². The van der Waals surface area contributed by atoms with E-state index in [1.807, 2.05) is 0 Å². The van der Waals surface area contributed by atoms with Crippen LogP contribution < -0.4 is 0 Å². The van der Waals surface area contributed by atoms with Crippen molar-refractivity contribution in [2.75, 3.05) is 6.54 Å². The lowest BCUT2D eigenvalue weighted by Crippen LogP contribution is -2.06. The van der Waals surface area contributed by atoms with Gasteiger partial charge in [0.15, 0.2) is 6.54 Å². The minimum atomic E-state index is 0.820. The van der Waals surface area contributed by atoms with E-state index in [9.17, 15) is 0 Å². The van der Waals surface area contributed by atoms with Crippen LogP contribution in [0.4, 0.5) is 5.69 Å². The molecular weight excluding hydrogens is 617 g/mol. The molecule has 0 aliphatic carbocycles. The monoisotopic (exact) mass is 684 g/mol. The quantitative estimate of drug-likeness (QED) is 0.0420. The number of hydrogen-bond acceptors (Lipinski definition) is 1. The van der Waals surface area contributed by atoms with Crippen molar-refractivity contribution >= 4 is 11.8 Å². The molecule has 4 aromatic carbocycles. The summed E-state index contributed by atoms with van der Waals surface area (Å²) in [5, 5.41) is 5.24. The van der Waals surface area contributed by atoms with E-state index in [1.54, 1.807) is 11.1 Å². The van der Waals surface area contributed by atoms with Crippen LogP contribution in [0.1, 0.15) is 147 Å². The molecule has 0 aliphatic rings. The first kappa shape index (κ1) is 40.0. The molecule has 0 atom stereocenters. The Hall–Kier alpha value is -3.78. The van der Waals surface area contributed by atoms with Crippen LogP contribution in [0.2, 0.25) is 0 Å². The first-order valence-corrected chi connectivity index (χ1v) is 20.6. The molecule has 0 spiro atoms. The van der Waals surface area contributed by atoms with E-state index in [2.05, 4.69) is 136 Å². The highest BCUT2D eigenvalue weighted by Gasteiger charge is 2.16. The number of unbranched alkanes of at least 4 members (excludes halogenated alkanes) is 11. The summed E-state index contributed by atoms with van der Waals surface area (Å²) < 4.78 is 2.19. The van der Waals surface area contributed by atoms with Crippen LogP contribution in [-0.2, 0) is 19.3 Å². The summed E-state index contributed by atoms with van der Waals surface area (Å²) in [5.41, 5.74) is 13.4. The van der Waals surface area contributed by atoms with Crippen molar-refractivity contribution in [3.63, 3.8) is 0 Å². The molecule has 0 heterocycles. The molecule has 0 fully saturated rings. The Morgan fingerprint density at radius 1 is 0.529 bits per heavy atom. The fourth-order valence-electron chi connectivity index (χ4n) is 7.40. The molecule has 0 aromatic heterocycles. The maximum atomic E-state index is 5.24. The Morgan fingerprint density at radius 2 is 1.06 bits per heavy atom. The Balaban J connectivity index is 1.69. The molecule has 2 nitrogen and oxygen atoms in total. The number of aryl methyl sites for hydroxylation is 2. The largest absolute Gasteiger partial charge is 0.206 e. The number of hydrogen-bond donors (Lipinski definition) is 0. The molecule has 4 rings (SSSR count). The number of nitrogens with zero attached hydrogens (tertiary/aromatic N) is 2. The molecule has 0 bridgehead atoms. The topological polar surface area (TPSA) is 15.4 Å². The van der Waals surface area contributed by atoms with Gasteiger partial charge >= 0.3 is 0 Å². The lowest BCUT2D eigenvalue weighted by atomic mass is 9.87. The average Bonchev–Trinajstić information content (AvgIpc) is 3.16. The van der Waals surface area contributed by atoms with Crippen LogP contribution in [0.5, 0.6) is 0 Å². The predicted octanol–water partition coefficient (Wildman–Crippen LogP) is 15.3. The Morgan fingerprint density at radius 3 is 1.67 bits per heavy atom. The number of benzene rings is 4. The molecule has 51 heavy (non-hydrogen) atoms. The van der Waals surface area contributed by atoms with Gasteiger partial charge in [-0.05, 0) is 113 Å². The van der Waals surface area contributed by atoms with Crippen LogP contribution in [0.3, 0.4) is 0 Å². The summed E-state index contributed by atoms with van der Waals surface area (Å²) in [6.45, 7) is 12.2. The molecule has 2 heteroatoms. The van der Waals surface area contributed by atoms with E-state index < -0.39 is 0 Å². The third kappa shape index (κ3) is 13.1. The Labute approximate surface area is 312 Å². The smallest absolute Gasteiger partial charge is 0.0885 e. The third-order valence-electron chi connectivity index (χ3n) is 10.3. The van der Waals surface area contributed by atoms with Crippen LogP contribution in [-0.4, -0.2) is 11.2 Å². The summed E-state index contributed by atoms with van der Waals surface area (Å²) >= 11 is 0. The highest BCUT2D eigenvalue weighted by Crippen LogP contribution is 2.33. The van der Waals surface area contributed by atoms with Gasteiger partial charge in [-0.25, -0.2) is 0 Å². The number of allylic oxidation sites excluding steroid dienone is 1. The van der Waals surface area contributed by atoms with Gasteiger partial charge in [-0.3, -0.25) is 0 Å². The standard InChI is InChI=1S/C49H67N2/c1-6-10-13-16-17-26-33-48-44(31-20-14-11-7-2)37-41(38-49(48)43-29-24-19-25-30-43)36-40(5)51(9-4)50-46-34-35-47(42-27-22-18-23-28-42)45(39-46)32-21-15-12-8-3/h18-19,22-25,27-30,34-39H,6-17,20-21,26,31-33H2,1-5H3/q+1. The van der Waals surface area contributed by atoms with Gasteiger partial charge in [0, 0.05) is 13.0 Å². The highest BCUT2D eigenvalue weighted by atomic mass is 15.3. The van der Waals surface area contributed by atoms with Gasteiger partial charge in [-0.2, -0.15) is 0 Å². The molecule has 0 saturated heterocycles. The zero-order valence-corrected chi connectivity index (χ0v) is 32.9. The summed E-state index contributed by atoms with van der Waals surface area (Å²) in [6.07, 6.45) is 23.9. The van der Waals surface area contributed by atoms with Crippen LogP contribution >= 0.6 is 0 Å². The molecule has 0 unspecified atom stereocenters. The van der Waals surface area contributed by atoms with Gasteiger partial charge in [-0.1, -0.05) is 169 Å². The van der Waals surface area contributed by atoms with Crippen LogP contribution in [0, 0.1) is 0 Å². The van der Waals surface area contributed by atoms with E-state index in [0.717, 1.165) is 25.1 Å². The molecule has 0 N–H and O–H groups in total. The summed E-state index contributed by atoms with van der Waals surface area (Å²) in [4.78, 5) is 0. The summed E-state index contributed by atoms with van der Waals surface area (Å²) in [5.74, 6) is 0. The van der Waals surface area contributed by atoms with Crippen molar-refractivity contribution in [3.8, 4) is 22.3 Å². The maximum absolute atomic E-state index is 5.24. The van der Waals surface area contributed by atoms with Gasteiger partial charge in [0.2, 0.25) is 5.70 Å². The first-order valence-electron chi connectivity index (χ1n) is 20.6. The SMILES string of the molecule is CCCCCCCCc1c(CCCCCC)cc(C=C(C)[N+](CC)=Nc2ccc(-c3ccccc3)c(CCCCCC)c2)cc1-c1ccccc1. The van der Waals surface area contributed by atoms with Gasteiger partial charge in [0.25, 0.3) is 0 Å². The van der Waals surface area contributed by atoms with Gasteiger partial charge in [-0.15, -0.1) is 0 Å². The second-order valence-corrected chi connectivity index (χ2v) is 14.5. The Bertz CT molecular complexity index is 1630. The lowest BCUT2D eigenvalue weighted by molar-refractivity contribution is -0.537. The Kier molecular flexibility index (Phi) is 18.0. The van der Waals surface area contributed by atoms with Crippen molar-refractivity contribution in [3.05, 3.63) is 119 Å². The molecule has 272 valence electrons. The molecule has 0 radical (unpaired) electrons. The normalized spacial score (nSPS) is 12.1. The van der Waals surface area contributed by atoms with E-state index in [-0.39, 0.29) is 0 Å². The van der Waals surface area contributed by atoms with Crippen molar-refractivity contribution in [2.45, 2.75) is 144 Å². The fourth-order valence-corrected chi connectivity index (χ4v) is 7.40. The van der Waals surface area contributed by atoms with Gasteiger partial charge in [0.1, 0.15) is 5.69 Å². The molecule has 4 aromatic rings. The van der Waals surface area contributed by atoms with Gasteiger partial charge < -0.3 is 0 Å². The van der Waals surface area contributed by atoms with Crippen molar-refractivity contribution in [1.82, 2.24) is 0 Å². The third-order valence-corrected chi connectivity index (χ3v) is 10.3. The minimum absolute atomic E-state index is 0.820. The molecule has 0 aliphatic heterocycles. The van der Waals surface area contributed by atoms with E-state index in [1.165, 1.54) is 135 Å². The van der Waals surface area contributed by atoms with Gasteiger partial charge in [0.05, 0.1) is 0 Å². The zero-order valence-electron chi connectivity index (χ0n) is 32.9. The highest BCUT2D eigenvalue weighted by molar-refractivity contribution is 5.73. The van der Waals surface area contributed by atoms with Crippen molar-refractivity contribution in [1.29, 1.82) is 0 Å². The van der Waals surface area contributed by atoms with E-state index in [4.69, 9.17) is 5.11 Å².